The van der Waals surface area contributed by atoms with Crippen LogP contribution in [0.15, 0.2) is 53.4 Å². The molecule has 0 aromatic heterocycles. The third kappa shape index (κ3) is 5.57. The fraction of sp³-hybridized carbons (Fsp3) is 0.333. The number of primary amides is 1. The van der Waals surface area contributed by atoms with E-state index in [4.69, 9.17) is 5.73 Å². The predicted molar refractivity (Wildman–Crippen MR) is 112 cm³/mol. The molecule has 2 aromatic carbocycles. The van der Waals surface area contributed by atoms with Crippen molar-refractivity contribution in [1.29, 1.82) is 0 Å². The normalized spacial score (nSPS) is 13.5. The van der Waals surface area contributed by atoms with Crippen molar-refractivity contribution in [1.82, 2.24) is 4.90 Å². The third-order valence-corrected chi connectivity index (χ3v) is 6.11. The number of carbonyl (C=O) groups excluding carboxylic acids is 2. The number of carbonyl (C=O) groups is 2. The van der Waals surface area contributed by atoms with Gasteiger partial charge in [0.15, 0.2) is 0 Å². The summed E-state index contributed by atoms with van der Waals surface area (Å²) in [5.74, 6) is -0.165. The first-order chi connectivity index (χ1) is 13.9. The Morgan fingerprint density at radius 1 is 1.17 bits per heavy atom. The minimum Gasteiger partial charge on any atom is -0.366 e. The number of hydrogen-bond donors (Lipinski definition) is 1. The van der Waals surface area contributed by atoms with Gasteiger partial charge in [-0.2, -0.15) is 0 Å². The van der Waals surface area contributed by atoms with Crippen LogP contribution in [0.4, 0.5) is 5.69 Å². The fourth-order valence-corrected chi connectivity index (χ4v) is 4.12. The summed E-state index contributed by atoms with van der Waals surface area (Å²) in [6.45, 7) is 1.23. The first-order valence-electron chi connectivity index (χ1n) is 9.47. The van der Waals surface area contributed by atoms with Gasteiger partial charge in [-0.3, -0.25) is 19.7 Å². The molecule has 1 aliphatic carbocycles. The molecule has 2 N–H and O–H groups in total. The van der Waals surface area contributed by atoms with E-state index in [0.717, 1.165) is 36.2 Å². The van der Waals surface area contributed by atoms with Crippen LogP contribution in [0.1, 0.15) is 35.2 Å². The number of benzene rings is 2. The van der Waals surface area contributed by atoms with E-state index in [2.05, 4.69) is 0 Å². The van der Waals surface area contributed by atoms with Crippen LogP contribution in [0.25, 0.3) is 0 Å². The maximum absolute atomic E-state index is 12.9. The molecule has 0 saturated heterocycles. The second-order valence-electron chi connectivity index (χ2n) is 7.15. The summed E-state index contributed by atoms with van der Waals surface area (Å²) < 4.78 is 0. The largest absolute Gasteiger partial charge is 0.366 e. The number of nitrogens with zero attached hydrogens (tertiary/aromatic N) is 2. The number of nitrogens with two attached hydrogens (primary N) is 1. The second kappa shape index (κ2) is 9.56. The van der Waals surface area contributed by atoms with Gasteiger partial charge >= 0.3 is 0 Å². The Balaban J connectivity index is 1.70. The van der Waals surface area contributed by atoms with Gasteiger partial charge in [-0.1, -0.05) is 36.8 Å². The Morgan fingerprint density at radius 2 is 1.90 bits per heavy atom. The lowest BCUT2D eigenvalue weighted by molar-refractivity contribution is -0.387. The highest BCUT2D eigenvalue weighted by atomic mass is 32.2. The van der Waals surface area contributed by atoms with E-state index in [9.17, 15) is 19.7 Å². The SMILES string of the molecule is NC(=O)c1ccc(SCC(=O)N(Cc2ccccc2)CC2CCC2)c([N+](=O)[O-])c1. The van der Waals surface area contributed by atoms with Crippen molar-refractivity contribution in [3.63, 3.8) is 0 Å². The summed E-state index contributed by atoms with van der Waals surface area (Å²) in [7, 11) is 0. The molecule has 7 nitrogen and oxygen atoms in total. The molecule has 2 amide bonds. The number of amides is 2. The van der Waals surface area contributed by atoms with Crippen molar-refractivity contribution in [2.24, 2.45) is 11.7 Å². The standard InChI is InChI=1S/C21H23N3O4S/c22-21(26)17-9-10-19(18(11-17)24(27)28)29-14-20(25)23(13-16-7-4-8-16)12-15-5-2-1-3-6-15/h1-3,5-6,9-11,16H,4,7-8,12-14H2,(H2,22,26). The molecule has 0 heterocycles. The summed E-state index contributed by atoms with van der Waals surface area (Å²) in [5.41, 5.74) is 6.12. The summed E-state index contributed by atoms with van der Waals surface area (Å²) in [4.78, 5) is 37.2. The van der Waals surface area contributed by atoms with E-state index in [1.165, 1.54) is 18.6 Å². The molecule has 0 atom stereocenters. The zero-order valence-electron chi connectivity index (χ0n) is 16.0. The van der Waals surface area contributed by atoms with Crippen LogP contribution in [0.3, 0.4) is 0 Å². The Kier molecular flexibility index (Phi) is 6.87. The predicted octanol–water partition coefficient (Wildman–Crippen LogP) is 3.61. The molecule has 1 fully saturated rings. The lowest BCUT2D eigenvalue weighted by Crippen LogP contribution is -2.38. The van der Waals surface area contributed by atoms with E-state index in [0.29, 0.717) is 23.9 Å². The van der Waals surface area contributed by atoms with Crippen molar-refractivity contribution in [3.8, 4) is 0 Å². The van der Waals surface area contributed by atoms with E-state index in [-0.39, 0.29) is 22.9 Å². The molecule has 0 bridgehead atoms. The molecular weight excluding hydrogens is 390 g/mol. The van der Waals surface area contributed by atoms with Crippen molar-refractivity contribution < 1.29 is 14.5 Å². The van der Waals surface area contributed by atoms with Gasteiger partial charge in [-0.05, 0) is 36.5 Å². The highest BCUT2D eigenvalue weighted by Crippen LogP contribution is 2.31. The van der Waals surface area contributed by atoms with Crippen LogP contribution in [0.5, 0.6) is 0 Å². The quantitative estimate of drug-likeness (QED) is 0.384. The van der Waals surface area contributed by atoms with Gasteiger partial charge in [0.25, 0.3) is 5.69 Å². The molecule has 0 radical (unpaired) electrons. The molecule has 3 rings (SSSR count). The van der Waals surface area contributed by atoms with Gasteiger partial charge in [0, 0.05) is 24.7 Å². The number of thioether (sulfide) groups is 1. The Bertz CT molecular complexity index is 900. The van der Waals surface area contributed by atoms with Crippen molar-refractivity contribution in [2.45, 2.75) is 30.7 Å². The van der Waals surface area contributed by atoms with Crippen LogP contribution < -0.4 is 5.73 Å². The number of nitro groups is 1. The Hall–Kier alpha value is -2.87. The molecule has 8 heteroatoms. The van der Waals surface area contributed by atoms with E-state index in [1.807, 2.05) is 35.2 Å². The van der Waals surface area contributed by atoms with Crippen LogP contribution >= 0.6 is 11.8 Å². The summed E-state index contributed by atoms with van der Waals surface area (Å²) >= 11 is 1.11. The summed E-state index contributed by atoms with van der Waals surface area (Å²) in [5, 5.41) is 11.4. The van der Waals surface area contributed by atoms with Gasteiger partial charge in [0.1, 0.15) is 0 Å². The molecule has 0 aliphatic heterocycles. The number of rotatable bonds is 9. The van der Waals surface area contributed by atoms with Crippen LogP contribution in [0.2, 0.25) is 0 Å². The Labute approximate surface area is 173 Å². The van der Waals surface area contributed by atoms with E-state index < -0.39 is 10.8 Å². The van der Waals surface area contributed by atoms with Crippen molar-refractivity contribution >= 4 is 29.3 Å². The molecule has 0 spiro atoms. The number of hydrogen-bond acceptors (Lipinski definition) is 5. The fourth-order valence-electron chi connectivity index (χ4n) is 3.21. The van der Waals surface area contributed by atoms with E-state index in [1.54, 1.807) is 0 Å². The monoisotopic (exact) mass is 413 g/mol. The molecule has 1 saturated carbocycles. The van der Waals surface area contributed by atoms with Crippen molar-refractivity contribution in [3.05, 3.63) is 69.8 Å². The molecule has 2 aromatic rings. The zero-order chi connectivity index (χ0) is 20.8. The molecular formula is C21H23N3O4S. The minimum atomic E-state index is -0.727. The maximum atomic E-state index is 12.9. The average Bonchev–Trinajstić information content (AvgIpc) is 2.68. The van der Waals surface area contributed by atoms with Gasteiger partial charge in [-0.25, -0.2) is 0 Å². The molecule has 152 valence electrons. The van der Waals surface area contributed by atoms with Crippen LogP contribution in [-0.2, 0) is 11.3 Å². The smallest absolute Gasteiger partial charge is 0.283 e. The topological polar surface area (TPSA) is 107 Å². The molecule has 0 unspecified atom stereocenters. The first-order valence-corrected chi connectivity index (χ1v) is 10.5. The first kappa shape index (κ1) is 20.9. The van der Waals surface area contributed by atoms with Crippen LogP contribution in [-0.4, -0.2) is 33.9 Å². The molecule has 29 heavy (non-hydrogen) atoms. The molecule has 1 aliphatic rings. The summed E-state index contributed by atoms with van der Waals surface area (Å²) in [6.07, 6.45) is 3.46. The number of nitro benzene ring substituents is 1. The Morgan fingerprint density at radius 3 is 2.48 bits per heavy atom. The summed E-state index contributed by atoms with van der Waals surface area (Å²) in [6, 6.07) is 13.9. The van der Waals surface area contributed by atoms with Gasteiger partial charge < -0.3 is 10.6 Å². The second-order valence-corrected chi connectivity index (χ2v) is 8.17. The lowest BCUT2D eigenvalue weighted by Gasteiger charge is -2.32. The minimum absolute atomic E-state index is 0.0565. The van der Waals surface area contributed by atoms with Gasteiger partial charge in [0.2, 0.25) is 11.8 Å². The zero-order valence-corrected chi connectivity index (χ0v) is 16.8. The highest BCUT2D eigenvalue weighted by molar-refractivity contribution is 8.00. The van der Waals surface area contributed by atoms with Gasteiger partial charge in [0.05, 0.1) is 15.6 Å². The lowest BCUT2D eigenvalue weighted by atomic mass is 9.85. The highest BCUT2D eigenvalue weighted by Gasteiger charge is 2.25. The maximum Gasteiger partial charge on any atom is 0.283 e. The third-order valence-electron chi connectivity index (χ3n) is 5.06. The average molecular weight is 413 g/mol. The van der Waals surface area contributed by atoms with Crippen molar-refractivity contribution in [2.75, 3.05) is 12.3 Å². The van der Waals surface area contributed by atoms with Gasteiger partial charge in [-0.15, -0.1) is 11.8 Å². The van der Waals surface area contributed by atoms with E-state index >= 15 is 0 Å². The van der Waals surface area contributed by atoms with Crippen LogP contribution in [0, 0.1) is 16.0 Å².